The maximum absolute atomic E-state index is 13.3. The van der Waals surface area contributed by atoms with Crippen LogP contribution in [0, 0.1) is 29.1 Å². The zero-order chi connectivity index (χ0) is 28.8. The first kappa shape index (κ1) is 28.5. The molecule has 2 aliphatic carbocycles. The van der Waals surface area contributed by atoms with E-state index in [1.165, 1.54) is 13.8 Å². The molecule has 4 aliphatic rings. The highest BCUT2D eigenvalue weighted by Crippen LogP contribution is 2.59. The van der Waals surface area contributed by atoms with Crippen molar-refractivity contribution in [3.63, 3.8) is 0 Å². The van der Waals surface area contributed by atoms with E-state index in [9.17, 15) is 24.3 Å². The number of fused-ring (bicyclic) bond motifs is 2. The van der Waals surface area contributed by atoms with Crippen molar-refractivity contribution in [2.24, 2.45) is 29.1 Å². The Bertz CT molecular complexity index is 1140. The molecule has 10 heteroatoms. The van der Waals surface area contributed by atoms with E-state index >= 15 is 0 Å². The van der Waals surface area contributed by atoms with Crippen molar-refractivity contribution in [1.29, 1.82) is 0 Å². The van der Waals surface area contributed by atoms with Gasteiger partial charge in [0.2, 0.25) is 0 Å². The van der Waals surface area contributed by atoms with E-state index < -0.39 is 53.6 Å². The number of benzene rings is 1. The van der Waals surface area contributed by atoms with E-state index in [0.29, 0.717) is 44.7 Å². The van der Waals surface area contributed by atoms with Crippen molar-refractivity contribution in [2.75, 3.05) is 32.7 Å². The zero-order valence-corrected chi connectivity index (χ0v) is 23.7. The second kappa shape index (κ2) is 11.1. The van der Waals surface area contributed by atoms with E-state index in [-0.39, 0.29) is 30.1 Å². The van der Waals surface area contributed by atoms with Crippen molar-refractivity contribution in [1.82, 2.24) is 9.80 Å². The van der Waals surface area contributed by atoms with Gasteiger partial charge in [0.25, 0.3) is 5.91 Å². The fourth-order valence-corrected chi connectivity index (χ4v) is 7.96. The summed E-state index contributed by atoms with van der Waals surface area (Å²) in [6.07, 6.45) is -1.92. The number of ether oxygens (including phenoxy) is 3. The van der Waals surface area contributed by atoms with Crippen LogP contribution in [0.4, 0.5) is 0 Å². The molecule has 1 aromatic rings. The van der Waals surface area contributed by atoms with Gasteiger partial charge < -0.3 is 24.2 Å². The number of hydrogen-bond donors (Lipinski definition) is 1. The minimum Gasteiger partial charge on any atom is -0.462 e. The monoisotopic (exact) mass is 556 g/mol. The third-order valence-electron chi connectivity index (χ3n) is 9.68. The Morgan fingerprint density at radius 3 is 2.30 bits per heavy atom. The molecule has 9 atom stereocenters. The van der Waals surface area contributed by atoms with Crippen molar-refractivity contribution in [3.8, 4) is 0 Å². The highest BCUT2D eigenvalue weighted by Gasteiger charge is 2.67. The van der Waals surface area contributed by atoms with Crippen molar-refractivity contribution < 1.29 is 38.5 Å². The largest absolute Gasteiger partial charge is 0.462 e. The van der Waals surface area contributed by atoms with E-state index in [2.05, 4.69) is 4.90 Å². The maximum Gasteiger partial charge on any atom is 0.311 e. The van der Waals surface area contributed by atoms with Gasteiger partial charge in [-0.25, -0.2) is 0 Å². The molecule has 4 fully saturated rings. The highest BCUT2D eigenvalue weighted by atomic mass is 16.6. The summed E-state index contributed by atoms with van der Waals surface area (Å²) in [7, 11) is 0. The predicted octanol–water partition coefficient (Wildman–Crippen LogP) is 1.89. The van der Waals surface area contributed by atoms with Gasteiger partial charge in [0, 0.05) is 75.8 Å². The van der Waals surface area contributed by atoms with Crippen LogP contribution in [0.25, 0.3) is 0 Å². The van der Waals surface area contributed by atoms with E-state index in [0.717, 1.165) is 0 Å². The van der Waals surface area contributed by atoms with Crippen LogP contribution >= 0.6 is 0 Å². The average molecular weight is 557 g/mol. The number of aliphatic hydroxyl groups excluding tert-OH is 1. The predicted molar refractivity (Wildman–Crippen MR) is 143 cm³/mol. The molecule has 1 amide bonds. The van der Waals surface area contributed by atoms with Crippen LogP contribution in [-0.2, 0) is 28.6 Å². The summed E-state index contributed by atoms with van der Waals surface area (Å²) < 4.78 is 17.6. The number of carbonyl (C=O) groups excluding carboxylic acids is 4. The molecule has 0 spiro atoms. The van der Waals surface area contributed by atoms with E-state index in [4.69, 9.17) is 14.2 Å². The molecule has 0 bridgehead atoms. The number of hydrogen-bond acceptors (Lipinski definition) is 9. The second-order valence-electron chi connectivity index (χ2n) is 12.2. The van der Waals surface area contributed by atoms with Crippen LogP contribution in [0.3, 0.4) is 0 Å². The standard InChI is InChI=1S/C30H40N2O8/c1-17-14-22-25(27(39-19(3)34)30(4)24(35)15-23(26(17)30)38-18(2)33)21(29(37)40-22)16-31-10-12-32(13-11-31)28(36)20-8-6-5-7-9-20/h5-9,17,21-27,35H,10-16H2,1-4H3/t17-,21-,22+,23-,24+,25-,26-,27+,30-/m1/s1. The minimum absolute atomic E-state index is 0.00945. The van der Waals surface area contributed by atoms with E-state index in [1.54, 1.807) is 0 Å². The van der Waals surface area contributed by atoms with Crippen LogP contribution in [0.5, 0.6) is 0 Å². The molecule has 2 aliphatic heterocycles. The van der Waals surface area contributed by atoms with Gasteiger partial charge in [0.1, 0.15) is 18.3 Å². The Morgan fingerprint density at radius 2 is 1.68 bits per heavy atom. The summed E-state index contributed by atoms with van der Waals surface area (Å²) in [6, 6.07) is 9.19. The zero-order valence-electron chi connectivity index (χ0n) is 23.7. The lowest BCUT2D eigenvalue weighted by atomic mass is 9.66. The molecule has 1 N–H and O–H groups in total. The van der Waals surface area contributed by atoms with Crippen LogP contribution < -0.4 is 0 Å². The number of esters is 3. The fourth-order valence-electron chi connectivity index (χ4n) is 7.96. The molecular weight excluding hydrogens is 516 g/mol. The maximum atomic E-state index is 13.3. The lowest BCUT2D eigenvalue weighted by molar-refractivity contribution is -0.174. The molecule has 5 rings (SSSR count). The van der Waals surface area contributed by atoms with Crippen LogP contribution in [0.1, 0.15) is 50.9 Å². The molecule has 40 heavy (non-hydrogen) atoms. The second-order valence-corrected chi connectivity index (χ2v) is 12.2. The third kappa shape index (κ3) is 5.11. The summed E-state index contributed by atoms with van der Waals surface area (Å²) in [6.45, 7) is 9.30. The van der Waals surface area contributed by atoms with Crippen molar-refractivity contribution >= 4 is 23.8 Å². The summed E-state index contributed by atoms with van der Waals surface area (Å²) >= 11 is 0. The first-order chi connectivity index (χ1) is 19.0. The molecular formula is C30H40N2O8. The first-order valence-corrected chi connectivity index (χ1v) is 14.3. The van der Waals surface area contributed by atoms with Crippen LogP contribution in [0.15, 0.2) is 30.3 Å². The minimum atomic E-state index is -0.933. The molecule has 0 unspecified atom stereocenters. The quantitative estimate of drug-likeness (QED) is 0.428. The molecule has 2 saturated carbocycles. The summed E-state index contributed by atoms with van der Waals surface area (Å²) in [4.78, 5) is 54.5. The number of amides is 1. The molecule has 1 aromatic carbocycles. The number of nitrogens with zero attached hydrogens (tertiary/aromatic N) is 2. The Hall–Kier alpha value is -2.98. The van der Waals surface area contributed by atoms with Gasteiger partial charge >= 0.3 is 17.9 Å². The van der Waals surface area contributed by atoms with Gasteiger partial charge in [0.05, 0.1) is 12.0 Å². The third-order valence-corrected chi connectivity index (χ3v) is 9.68. The summed E-state index contributed by atoms with van der Waals surface area (Å²) in [5.74, 6) is -2.59. The molecule has 2 saturated heterocycles. The Morgan fingerprint density at radius 1 is 1.02 bits per heavy atom. The molecule has 2 heterocycles. The molecule has 0 radical (unpaired) electrons. The SMILES string of the molecule is CC(=O)O[C@@H]1C[C@H](O)[C@]2(C)[C@@H]1[C@H](C)C[C@@H]1OC(=O)[C@H](CN3CCN(C(=O)c4ccccc4)CC3)[C@H]1[C@@H]2OC(C)=O. The molecule has 0 aromatic heterocycles. The Kier molecular flexibility index (Phi) is 7.94. The average Bonchev–Trinajstić information content (AvgIpc) is 3.31. The number of piperazine rings is 1. The van der Waals surface area contributed by atoms with Crippen molar-refractivity contribution in [2.45, 2.75) is 65.0 Å². The Labute approximate surface area is 234 Å². The van der Waals surface area contributed by atoms with Gasteiger partial charge in [-0.05, 0) is 24.5 Å². The molecule has 218 valence electrons. The summed E-state index contributed by atoms with van der Waals surface area (Å²) in [5, 5.41) is 11.4. The van der Waals surface area contributed by atoms with Gasteiger partial charge in [-0.15, -0.1) is 0 Å². The number of carbonyl (C=O) groups is 4. The van der Waals surface area contributed by atoms with Gasteiger partial charge in [-0.3, -0.25) is 24.1 Å². The molecule has 10 nitrogen and oxygen atoms in total. The number of rotatable bonds is 5. The first-order valence-electron chi connectivity index (χ1n) is 14.3. The lowest BCUT2D eigenvalue weighted by Crippen LogP contribution is -2.55. The van der Waals surface area contributed by atoms with Gasteiger partial charge in [-0.2, -0.15) is 0 Å². The topological polar surface area (TPSA) is 123 Å². The van der Waals surface area contributed by atoms with E-state index in [1.807, 2.05) is 49.1 Å². The van der Waals surface area contributed by atoms with Crippen LogP contribution in [-0.4, -0.2) is 95.9 Å². The lowest BCUT2D eigenvalue weighted by Gasteiger charge is -2.44. The van der Waals surface area contributed by atoms with Crippen LogP contribution in [0.2, 0.25) is 0 Å². The number of aliphatic hydroxyl groups is 1. The van der Waals surface area contributed by atoms with Gasteiger partial charge in [-0.1, -0.05) is 32.0 Å². The Balaban J connectivity index is 1.37. The highest BCUT2D eigenvalue weighted by molar-refractivity contribution is 5.94. The summed E-state index contributed by atoms with van der Waals surface area (Å²) in [5.41, 5.74) is -0.280. The fraction of sp³-hybridized carbons (Fsp3) is 0.667. The normalized spacial score (nSPS) is 37.6. The van der Waals surface area contributed by atoms with Crippen molar-refractivity contribution in [3.05, 3.63) is 35.9 Å². The smallest absolute Gasteiger partial charge is 0.311 e. The van der Waals surface area contributed by atoms with Gasteiger partial charge in [0.15, 0.2) is 0 Å².